The van der Waals surface area contributed by atoms with Gasteiger partial charge in [0.15, 0.2) is 0 Å². The number of ether oxygens (including phenoxy) is 1. The zero-order valence-corrected chi connectivity index (χ0v) is 10.6. The number of thiazole rings is 1. The van der Waals surface area contributed by atoms with E-state index in [0.29, 0.717) is 5.69 Å². The third-order valence-electron chi connectivity index (χ3n) is 1.48. The highest BCUT2D eigenvalue weighted by Crippen LogP contribution is 2.19. The third kappa shape index (κ3) is 5.19. The number of hydrogen-bond acceptors (Lipinski definition) is 5. The lowest BCUT2D eigenvalue weighted by Gasteiger charge is -2.18. The van der Waals surface area contributed by atoms with Gasteiger partial charge in [0.05, 0.1) is 12.2 Å². The smallest absolute Gasteiger partial charge is 0.381 e. The number of carbonyl (C=O) groups excluding carboxylic acids is 1. The van der Waals surface area contributed by atoms with Gasteiger partial charge in [0.2, 0.25) is 0 Å². The number of amides is 1. The average molecular weight is 255 g/mol. The Labute approximate surface area is 102 Å². The second-order valence-corrected chi connectivity index (χ2v) is 5.08. The average Bonchev–Trinajstić information content (AvgIpc) is 2.59. The Morgan fingerprint density at radius 1 is 1.71 bits per heavy atom. The van der Waals surface area contributed by atoms with Gasteiger partial charge in [-0.1, -0.05) is 16.5 Å². The molecular formula is C9H13N5O2S. The quantitative estimate of drug-likeness (QED) is 0.510. The largest absolute Gasteiger partial charge is 0.414 e. The second-order valence-electron chi connectivity index (χ2n) is 4.26. The van der Waals surface area contributed by atoms with Crippen molar-refractivity contribution in [1.29, 1.82) is 0 Å². The number of azide groups is 1. The van der Waals surface area contributed by atoms with E-state index in [1.165, 1.54) is 11.3 Å². The van der Waals surface area contributed by atoms with Crippen molar-refractivity contribution < 1.29 is 9.53 Å². The van der Waals surface area contributed by atoms with E-state index in [-0.39, 0.29) is 17.3 Å². The fourth-order valence-electron chi connectivity index (χ4n) is 0.923. The highest BCUT2D eigenvalue weighted by molar-refractivity contribution is 7.11. The van der Waals surface area contributed by atoms with Crippen LogP contribution in [0.2, 0.25) is 0 Å². The van der Waals surface area contributed by atoms with E-state index in [1.807, 2.05) is 20.8 Å². The summed E-state index contributed by atoms with van der Waals surface area (Å²) in [6, 6.07) is 0. The molecule has 0 radical (unpaired) electrons. The Kier molecular flexibility index (Phi) is 4.30. The summed E-state index contributed by atoms with van der Waals surface area (Å²) in [6.45, 7) is 5.70. The van der Waals surface area contributed by atoms with Crippen molar-refractivity contribution in [2.75, 3.05) is 0 Å². The van der Waals surface area contributed by atoms with Gasteiger partial charge in [0, 0.05) is 15.8 Å². The van der Waals surface area contributed by atoms with Gasteiger partial charge in [0.1, 0.15) is 0 Å². The molecular weight excluding hydrogens is 242 g/mol. The molecule has 0 aliphatic heterocycles. The minimum absolute atomic E-state index is 0.150. The Bertz CT molecular complexity index is 444. The first kappa shape index (κ1) is 13.3. The minimum atomic E-state index is -0.554. The maximum Gasteiger partial charge on any atom is 0.414 e. The van der Waals surface area contributed by atoms with E-state index in [0.717, 1.165) is 0 Å². The van der Waals surface area contributed by atoms with Gasteiger partial charge in [-0.2, -0.15) is 0 Å². The van der Waals surface area contributed by atoms with Crippen LogP contribution in [-0.2, 0) is 6.54 Å². The van der Waals surface area contributed by atoms with Gasteiger partial charge in [-0.05, 0) is 26.3 Å². The molecule has 1 heterocycles. The SMILES string of the molecule is CC(C)(C)NC(=O)Oc1nc(CN=[N+]=[N-])cs1. The first-order valence-corrected chi connectivity index (χ1v) is 5.74. The lowest BCUT2D eigenvalue weighted by Crippen LogP contribution is -2.42. The number of carbonyl (C=O) groups is 1. The fraction of sp³-hybridized carbons (Fsp3) is 0.556. The zero-order valence-electron chi connectivity index (χ0n) is 9.80. The van der Waals surface area contributed by atoms with E-state index in [1.54, 1.807) is 5.38 Å². The molecule has 0 aromatic carbocycles. The van der Waals surface area contributed by atoms with E-state index >= 15 is 0 Å². The van der Waals surface area contributed by atoms with Crippen molar-refractivity contribution in [2.24, 2.45) is 5.11 Å². The van der Waals surface area contributed by atoms with Gasteiger partial charge in [-0.3, -0.25) is 0 Å². The summed E-state index contributed by atoms with van der Waals surface area (Å²) in [4.78, 5) is 18.0. The molecule has 1 N–H and O–H groups in total. The molecule has 0 aliphatic carbocycles. The van der Waals surface area contributed by atoms with Gasteiger partial charge < -0.3 is 10.1 Å². The second kappa shape index (κ2) is 5.51. The van der Waals surface area contributed by atoms with E-state index < -0.39 is 6.09 Å². The van der Waals surface area contributed by atoms with Crippen molar-refractivity contribution in [1.82, 2.24) is 10.3 Å². The first-order valence-electron chi connectivity index (χ1n) is 4.86. The third-order valence-corrected chi connectivity index (χ3v) is 2.25. The van der Waals surface area contributed by atoms with Crippen molar-refractivity contribution in [2.45, 2.75) is 32.9 Å². The number of aromatic nitrogens is 1. The topological polar surface area (TPSA) is 100.0 Å². The van der Waals surface area contributed by atoms with Gasteiger partial charge >= 0.3 is 6.09 Å². The molecule has 1 aromatic rings. The maximum absolute atomic E-state index is 11.4. The molecule has 0 saturated heterocycles. The molecule has 0 bridgehead atoms. The minimum Gasteiger partial charge on any atom is -0.381 e. The molecule has 92 valence electrons. The van der Waals surface area contributed by atoms with Crippen molar-refractivity contribution in [3.8, 4) is 5.19 Å². The Balaban J connectivity index is 2.54. The van der Waals surface area contributed by atoms with Gasteiger partial charge in [0.25, 0.3) is 5.19 Å². The van der Waals surface area contributed by atoms with Crippen LogP contribution in [0.3, 0.4) is 0 Å². The van der Waals surface area contributed by atoms with E-state index in [2.05, 4.69) is 20.3 Å². The van der Waals surface area contributed by atoms with Crippen LogP contribution >= 0.6 is 11.3 Å². The number of nitrogens with zero attached hydrogens (tertiary/aromatic N) is 4. The normalized spacial score (nSPS) is 10.5. The molecule has 1 amide bonds. The Hall–Kier alpha value is -1.79. The maximum atomic E-state index is 11.4. The van der Waals surface area contributed by atoms with Crippen LogP contribution in [0.4, 0.5) is 4.79 Å². The first-order chi connectivity index (χ1) is 7.90. The summed E-state index contributed by atoms with van der Waals surface area (Å²) in [5, 5.41) is 7.91. The van der Waals surface area contributed by atoms with E-state index in [4.69, 9.17) is 10.3 Å². The van der Waals surface area contributed by atoms with Crippen LogP contribution in [0.15, 0.2) is 10.5 Å². The number of hydrogen-bond donors (Lipinski definition) is 1. The van der Waals surface area contributed by atoms with Gasteiger partial charge in [-0.15, -0.1) is 0 Å². The lowest BCUT2D eigenvalue weighted by atomic mass is 10.1. The molecule has 1 rings (SSSR count). The molecule has 0 spiro atoms. The molecule has 0 aliphatic rings. The Morgan fingerprint density at radius 2 is 2.41 bits per heavy atom. The molecule has 0 unspecified atom stereocenters. The molecule has 1 aromatic heterocycles. The van der Waals surface area contributed by atoms with Crippen LogP contribution in [0, 0.1) is 0 Å². The molecule has 0 saturated carbocycles. The number of nitrogens with one attached hydrogen (secondary N) is 1. The summed E-state index contributed by atoms with van der Waals surface area (Å²) in [6.07, 6.45) is -0.554. The van der Waals surface area contributed by atoms with Crippen LogP contribution in [-0.4, -0.2) is 16.6 Å². The van der Waals surface area contributed by atoms with Crippen LogP contribution in [0.1, 0.15) is 26.5 Å². The summed E-state index contributed by atoms with van der Waals surface area (Å²) in [5.74, 6) is 0. The molecule has 8 heteroatoms. The Morgan fingerprint density at radius 3 is 3.00 bits per heavy atom. The van der Waals surface area contributed by atoms with Crippen LogP contribution < -0.4 is 10.1 Å². The van der Waals surface area contributed by atoms with Crippen molar-refractivity contribution >= 4 is 17.4 Å². The molecule has 17 heavy (non-hydrogen) atoms. The van der Waals surface area contributed by atoms with Crippen LogP contribution in [0.5, 0.6) is 5.19 Å². The monoisotopic (exact) mass is 255 g/mol. The van der Waals surface area contributed by atoms with Crippen LogP contribution in [0.25, 0.3) is 10.4 Å². The highest BCUT2D eigenvalue weighted by atomic mass is 32.1. The summed E-state index contributed by atoms with van der Waals surface area (Å²) < 4.78 is 4.97. The highest BCUT2D eigenvalue weighted by Gasteiger charge is 2.16. The predicted octanol–water partition coefficient (Wildman–Crippen LogP) is 2.84. The van der Waals surface area contributed by atoms with E-state index in [9.17, 15) is 4.79 Å². The zero-order chi connectivity index (χ0) is 12.9. The summed E-state index contributed by atoms with van der Waals surface area (Å²) in [7, 11) is 0. The molecule has 0 atom stereocenters. The van der Waals surface area contributed by atoms with Crippen molar-refractivity contribution in [3.05, 3.63) is 21.5 Å². The summed E-state index contributed by atoms with van der Waals surface area (Å²) >= 11 is 1.18. The lowest BCUT2D eigenvalue weighted by molar-refractivity contribution is 0.190. The standard InChI is InChI=1S/C9H13N5O2S/c1-9(2,3)13-7(15)16-8-12-6(5-17-8)4-11-14-10/h5H,4H2,1-3H3,(H,13,15). The predicted molar refractivity (Wildman–Crippen MR) is 63.9 cm³/mol. The fourth-order valence-corrected chi connectivity index (χ4v) is 1.58. The molecule has 0 fully saturated rings. The molecule has 7 nitrogen and oxygen atoms in total. The van der Waals surface area contributed by atoms with Crippen molar-refractivity contribution in [3.63, 3.8) is 0 Å². The van der Waals surface area contributed by atoms with Gasteiger partial charge in [-0.25, -0.2) is 9.78 Å². The summed E-state index contributed by atoms with van der Waals surface area (Å²) in [5.41, 5.74) is 8.36. The number of rotatable bonds is 3.